The van der Waals surface area contributed by atoms with Crippen LogP contribution in [0, 0.1) is 0 Å². The van der Waals surface area contributed by atoms with Crippen LogP contribution in [0.4, 0.5) is 4.79 Å². The van der Waals surface area contributed by atoms with E-state index < -0.39 is 24.0 Å². The molecule has 0 saturated heterocycles. The van der Waals surface area contributed by atoms with E-state index in [-0.39, 0.29) is 6.04 Å². The van der Waals surface area contributed by atoms with E-state index in [4.69, 9.17) is 14.1 Å². The number of carbonyl (C=O) groups excluding carboxylic acids is 3. The number of rotatable bonds is 5. The van der Waals surface area contributed by atoms with Gasteiger partial charge in [0.05, 0.1) is 23.0 Å². The summed E-state index contributed by atoms with van der Waals surface area (Å²) in [5, 5.41) is 5.75. The maximum atomic E-state index is 13.4. The third-order valence-electron chi connectivity index (χ3n) is 6.59. The van der Waals surface area contributed by atoms with Crippen LogP contribution in [0.1, 0.15) is 66.4 Å². The topological polar surface area (TPSA) is 111 Å². The van der Waals surface area contributed by atoms with Crippen molar-refractivity contribution in [2.75, 3.05) is 0 Å². The molecule has 8 heteroatoms. The lowest BCUT2D eigenvalue weighted by atomic mass is 10.0. The van der Waals surface area contributed by atoms with E-state index in [2.05, 4.69) is 10.6 Å². The number of amides is 3. The molecule has 0 radical (unpaired) electrons. The molecule has 1 atom stereocenters. The number of benzene rings is 1. The molecule has 35 heavy (non-hydrogen) atoms. The highest BCUT2D eigenvalue weighted by Crippen LogP contribution is 2.38. The van der Waals surface area contributed by atoms with Crippen molar-refractivity contribution in [3.63, 3.8) is 0 Å². The number of para-hydroxylation sites is 1. The molecule has 0 bridgehead atoms. The second-order valence-electron chi connectivity index (χ2n) is 9.01. The van der Waals surface area contributed by atoms with Crippen LogP contribution in [0.15, 0.2) is 47.1 Å². The number of pyridine rings is 1. The lowest BCUT2D eigenvalue weighted by molar-refractivity contribution is -0.127. The van der Waals surface area contributed by atoms with Crippen LogP contribution in [0.2, 0.25) is 0 Å². The zero-order chi connectivity index (χ0) is 24.4. The fourth-order valence-electron chi connectivity index (χ4n) is 4.84. The van der Waals surface area contributed by atoms with Crippen LogP contribution >= 0.6 is 0 Å². The molecule has 2 heterocycles. The lowest BCUT2D eigenvalue weighted by Crippen LogP contribution is -2.47. The number of urea groups is 1. The Morgan fingerprint density at radius 1 is 1.11 bits per heavy atom. The van der Waals surface area contributed by atoms with Crippen molar-refractivity contribution >= 4 is 40.5 Å². The minimum Gasteiger partial charge on any atom is -0.465 e. The van der Waals surface area contributed by atoms with E-state index in [1.807, 2.05) is 42.5 Å². The fraction of sp³-hybridized carbons (Fsp3) is 0.333. The summed E-state index contributed by atoms with van der Waals surface area (Å²) in [6, 6.07) is 10.6. The van der Waals surface area contributed by atoms with Gasteiger partial charge in [-0.15, -0.1) is 0 Å². The number of fused-ring (bicyclic) bond motifs is 2. The van der Waals surface area contributed by atoms with E-state index in [0.29, 0.717) is 35.1 Å². The summed E-state index contributed by atoms with van der Waals surface area (Å²) in [5.74, 6) is -0.562. The first kappa shape index (κ1) is 22.8. The lowest BCUT2D eigenvalue weighted by Gasteiger charge is -2.17. The first-order valence-electron chi connectivity index (χ1n) is 12.0. The molecular weight excluding hydrogens is 446 g/mol. The fourth-order valence-corrected chi connectivity index (χ4v) is 4.84. The third kappa shape index (κ3) is 4.82. The van der Waals surface area contributed by atoms with Gasteiger partial charge in [-0.3, -0.25) is 10.1 Å². The van der Waals surface area contributed by atoms with Gasteiger partial charge in [-0.05, 0) is 68.0 Å². The summed E-state index contributed by atoms with van der Waals surface area (Å²) in [4.78, 5) is 42.9. The molecule has 8 nitrogen and oxygen atoms in total. The molecular formula is C27H27N3O5. The van der Waals surface area contributed by atoms with E-state index in [1.54, 1.807) is 6.26 Å². The van der Waals surface area contributed by atoms with Gasteiger partial charge in [-0.2, -0.15) is 0 Å². The number of nitrogens with one attached hydrogen (secondary N) is 2. The number of furan rings is 1. The van der Waals surface area contributed by atoms with Gasteiger partial charge in [0.1, 0.15) is 5.76 Å². The number of allylic oxidation sites excluding steroid dienone is 1. The highest BCUT2D eigenvalue weighted by atomic mass is 16.5. The summed E-state index contributed by atoms with van der Waals surface area (Å²) in [5.41, 5.74) is 3.57. The number of ether oxygens (including phenoxy) is 1. The minimum atomic E-state index is -1.14. The Bertz CT molecular complexity index is 1310. The number of esters is 1. The zero-order valence-electron chi connectivity index (χ0n) is 19.5. The van der Waals surface area contributed by atoms with Crippen molar-refractivity contribution in [3.05, 3.63) is 65.2 Å². The van der Waals surface area contributed by atoms with Crippen molar-refractivity contribution in [2.24, 2.45) is 0 Å². The minimum absolute atomic E-state index is 0.0786. The third-order valence-corrected chi connectivity index (χ3v) is 6.59. The molecule has 5 rings (SSSR count). The Kier molecular flexibility index (Phi) is 6.35. The zero-order valence-corrected chi connectivity index (χ0v) is 19.5. The summed E-state index contributed by atoms with van der Waals surface area (Å²) >= 11 is 0. The van der Waals surface area contributed by atoms with Crippen molar-refractivity contribution < 1.29 is 23.5 Å². The van der Waals surface area contributed by atoms with E-state index in [1.165, 1.54) is 6.92 Å². The Balaban J connectivity index is 1.37. The normalized spacial score (nSPS) is 17.3. The summed E-state index contributed by atoms with van der Waals surface area (Å²) in [6.45, 7) is 1.46. The second-order valence-corrected chi connectivity index (χ2v) is 9.01. The van der Waals surface area contributed by atoms with E-state index >= 15 is 0 Å². The van der Waals surface area contributed by atoms with Gasteiger partial charge < -0.3 is 14.5 Å². The number of carbonyl (C=O) groups is 3. The Labute approximate surface area is 202 Å². The highest BCUT2D eigenvalue weighted by Gasteiger charge is 2.30. The van der Waals surface area contributed by atoms with Crippen molar-refractivity contribution in [3.8, 4) is 0 Å². The predicted octanol–water partition coefficient (Wildman–Crippen LogP) is 4.63. The Morgan fingerprint density at radius 2 is 1.91 bits per heavy atom. The van der Waals surface area contributed by atoms with Gasteiger partial charge in [0.2, 0.25) is 0 Å². The average Bonchev–Trinajstić information content (AvgIpc) is 3.61. The molecule has 3 aromatic rings. The molecule has 3 amide bonds. The van der Waals surface area contributed by atoms with E-state index in [9.17, 15) is 14.4 Å². The molecule has 2 aliphatic carbocycles. The molecule has 0 spiro atoms. The molecule has 1 fully saturated rings. The monoisotopic (exact) mass is 473 g/mol. The average molecular weight is 474 g/mol. The first-order chi connectivity index (χ1) is 17.0. The standard InChI is InChI=1S/C27H27N3O5/c1-16(25(31)30-27(33)28-18-7-2-3-8-18)35-26(32)23-20-10-4-5-11-22(20)29-24-17(12-13-21(23)24)15-19-9-6-14-34-19/h4-6,9-11,14-16,18H,2-3,7-8,12-13H2,1H3,(H2,28,30,31,33)/b17-15-/t16-/m1/s1. The number of nitrogens with zero attached hydrogens (tertiary/aromatic N) is 1. The maximum Gasteiger partial charge on any atom is 0.339 e. The van der Waals surface area contributed by atoms with Gasteiger partial charge >= 0.3 is 12.0 Å². The van der Waals surface area contributed by atoms with Gasteiger partial charge in [-0.25, -0.2) is 14.6 Å². The molecule has 2 N–H and O–H groups in total. The molecule has 2 aromatic heterocycles. The predicted molar refractivity (Wildman–Crippen MR) is 130 cm³/mol. The smallest absolute Gasteiger partial charge is 0.339 e. The van der Waals surface area contributed by atoms with Crippen molar-refractivity contribution in [2.45, 2.75) is 57.6 Å². The summed E-state index contributed by atoms with van der Waals surface area (Å²) in [7, 11) is 0. The number of aromatic nitrogens is 1. The number of hydrogen-bond donors (Lipinski definition) is 2. The van der Waals surface area contributed by atoms with Gasteiger partial charge in [-0.1, -0.05) is 31.0 Å². The SMILES string of the molecule is C[C@@H](OC(=O)c1c2c(nc3ccccc13)/C(=C\c1ccco1)CC2)C(=O)NC(=O)NC1CCCC1. The number of imide groups is 1. The summed E-state index contributed by atoms with van der Waals surface area (Å²) < 4.78 is 11.0. The molecule has 1 saturated carbocycles. The quantitative estimate of drug-likeness (QED) is 0.523. The van der Waals surface area contributed by atoms with Crippen LogP contribution in [0.3, 0.4) is 0 Å². The number of hydrogen-bond acceptors (Lipinski definition) is 6. The van der Waals surface area contributed by atoms with Crippen LogP contribution in [-0.4, -0.2) is 35.0 Å². The molecule has 180 valence electrons. The van der Waals surface area contributed by atoms with E-state index in [0.717, 1.165) is 42.5 Å². The Morgan fingerprint density at radius 3 is 2.69 bits per heavy atom. The Hall–Kier alpha value is -3.94. The maximum absolute atomic E-state index is 13.4. The van der Waals surface area contributed by atoms with Gasteiger partial charge in [0.15, 0.2) is 6.10 Å². The second kappa shape index (κ2) is 9.74. The highest BCUT2D eigenvalue weighted by molar-refractivity contribution is 6.08. The van der Waals surface area contributed by atoms with Gasteiger partial charge in [0.25, 0.3) is 5.91 Å². The van der Waals surface area contributed by atoms with Crippen LogP contribution < -0.4 is 10.6 Å². The van der Waals surface area contributed by atoms with Gasteiger partial charge in [0, 0.05) is 11.4 Å². The molecule has 2 aliphatic rings. The molecule has 0 aliphatic heterocycles. The largest absolute Gasteiger partial charge is 0.465 e. The van der Waals surface area contributed by atoms with Crippen molar-refractivity contribution in [1.29, 1.82) is 0 Å². The van der Waals surface area contributed by atoms with Crippen LogP contribution in [0.25, 0.3) is 22.6 Å². The first-order valence-corrected chi connectivity index (χ1v) is 12.0. The van der Waals surface area contributed by atoms with Crippen molar-refractivity contribution in [1.82, 2.24) is 15.6 Å². The summed E-state index contributed by atoms with van der Waals surface area (Å²) in [6.07, 6.45) is 7.67. The molecule has 0 unspecified atom stereocenters. The molecule has 1 aromatic carbocycles. The van der Waals surface area contributed by atoms with Crippen LogP contribution in [0.5, 0.6) is 0 Å². The van der Waals surface area contributed by atoms with Crippen LogP contribution in [-0.2, 0) is 16.0 Å².